The molecule has 0 saturated carbocycles. The highest BCUT2D eigenvalue weighted by atomic mass is 19.4. The van der Waals surface area contributed by atoms with Gasteiger partial charge in [0.2, 0.25) is 5.95 Å². The molecular formula is C33H38F3N5O4. The second-order valence-electron chi connectivity index (χ2n) is 12.8. The number of nitrogens with one attached hydrogen (secondary N) is 2. The van der Waals surface area contributed by atoms with Gasteiger partial charge in [-0.3, -0.25) is 4.79 Å². The lowest BCUT2D eigenvalue weighted by atomic mass is 9.87. The summed E-state index contributed by atoms with van der Waals surface area (Å²) in [5.74, 6) is 0.156. The molecule has 2 aliphatic rings. The third kappa shape index (κ3) is 7.91. The van der Waals surface area contributed by atoms with Crippen molar-refractivity contribution in [2.45, 2.75) is 64.9 Å². The summed E-state index contributed by atoms with van der Waals surface area (Å²) >= 11 is 0. The molecule has 2 N–H and O–H groups in total. The van der Waals surface area contributed by atoms with Crippen LogP contribution in [-0.2, 0) is 22.2 Å². The fourth-order valence-electron chi connectivity index (χ4n) is 5.67. The zero-order valence-electron chi connectivity index (χ0n) is 25.8. The van der Waals surface area contributed by atoms with Gasteiger partial charge in [0.15, 0.2) is 0 Å². The van der Waals surface area contributed by atoms with Gasteiger partial charge in [0.05, 0.1) is 18.2 Å². The van der Waals surface area contributed by atoms with Gasteiger partial charge in [0.1, 0.15) is 11.3 Å². The van der Waals surface area contributed by atoms with E-state index in [1.165, 1.54) is 6.07 Å². The number of hydrogen-bond donors (Lipinski definition) is 2. The molecule has 1 unspecified atom stereocenters. The Hall–Kier alpha value is -4.19. The average Bonchev–Trinajstić information content (AvgIpc) is 3.64. The zero-order chi connectivity index (χ0) is 32.4. The Labute approximate surface area is 260 Å². The lowest BCUT2D eigenvalue weighted by molar-refractivity contribution is -0.137. The number of aromatic nitrogens is 2. The van der Waals surface area contributed by atoms with Crippen molar-refractivity contribution in [2.75, 3.05) is 31.2 Å². The summed E-state index contributed by atoms with van der Waals surface area (Å²) in [4.78, 5) is 36.3. The van der Waals surface area contributed by atoms with Crippen LogP contribution in [0.15, 0.2) is 54.7 Å². The van der Waals surface area contributed by atoms with Gasteiger partial charge in [0.25, 0.3) is 5.91 Å². The Bertz CT molecular complexity index is 1530. The number of halogens is 3. The van der Waals surface area contributed by atoms with Gasteiger partial charge in [-0.25, -0.2) is 14.8 Å². The van der Waals surface area contributed by atoms with Crippen LogP contribution >= 0.6 is 0 Å². The van der Waals surface area contributed by atoms with Gasteiger partial charge in [-0.1, -0.05) is 30.3 Å². The molecule has 5 rings (SSSR count). The third-order valence-electron chi connectivity index (χ3n) is 8.11. The first-order valence-electron chi connectivity index (χ1n) is 15.0. The van der Waals surface area contributed by atoms with E-state index in [9.17, 15) is 22.8 Å². The molecular weight excluding hydrogens is 587 g/mol. The summed E-state index contributed by atoms with van der Waals surface area (Å²) in [6.45, 7) is 10.1. The molecule has 45 heavy (non-hydrogen) atoms. The maximum atomic E-state index is 13.6. The first-order valence-corrected chi connectivity index (χ1v) is 15.0. The predicted octanol–water partition coefficient (Wildman–Crippen LogP) is 6.29. The van der Waals surface area contributed by atoms with Gasteiger partial charge in [0, 0.05) is 37.9 Å². The molecule has 0 aliphatic carbocycles. The lowest BCUT2D eigenvalue weighted by Gasteiger charge is -2.22. The van der Waals surface area contributed by atoms with Crippen molar-refractivity contribution in [3.05, 3.63) is 77.1 Å². The summed E-state index contributed by atoms with van der Waals surface area (Å²) < 4.78 is 51.6. The van der Waals surface area contributed by atoms with E-state index in [-0.39, 0.29) is 23.6 Å². The normalized spacial score (nSPS) is 19.0. The van der Waals surface area contributed by atoms with Gasteiger partial charge >= 0.3 is 12.3 Å². The molecule has 3 aromatic rings. The standard InChI is InChI=1S/C33H38F3N5O4/c1-21(39-28(42)27-11-14-37-29(40-27)41-15-12-32(19-41)13-16-44-20-32)22-5-7-23(8-6-22)26-17-25(33(34,35)36)10-9-24(26)18-38-30(43)45-31(2,3)4/h5-11,14,17,21H,12-13,15-16,18-20H2,1-4H3,(H,38,43)(H,39,42)/t21-,32?/m1/s1. The molecule has 2 saturated heterocycles. The van der Waals surface area contributed by atoms with Crippen LogP contribution in [0.4, 0.5) is 23.9 Å². The zero-order valence-corrected chi connectivity index (χ0v) is 25.8. The Balaban J connectivity index is 1.28. The molecule has 240 valence electrons. The van der Waals surface area contributed by atoms with Gasteiger partial charge < -0.3 is 25.0 Å². The number of nitrogens with zero attached hydrogens (tertiary/aromatic N) is 3. The quantitative estimate of drug-likeness (QED) is 0.318. The van der Waals surface area contributed by atoms with E-state index < -0.39 is 29.5 Å². The highest BCUT2D eigenvalue weighted by molar-refractivity contribution is 5.92. The third-order valence-corrected chi connectivity index (χ3v) is 8.11. The Morgan fingerprint density at radius 3 is 2.51 bits per heavy atom. The number of rotatable bonds is 7. The largest absolute Gasteiger partial charge is 0.444 e. The van der Waals surface area contributed by atoms with Gasteiger partial charge in [-0.2, -0.15) is 13.2 Å². The smallest absolute Gasteiger partial charge is 0.416 e. The minimum atomic E-state index is -4.54. The van der Waals surface area contributed by atoms with Crippen molar-refractivity contribution < 1.29 is 32.2 Å². The van der Waals surface area contributed by atoms with Gasteiger partial charge in [-0.15, -0.1) is 0 Å². The van der Waals surface area contributed by atoms with Crippen LogP contribution in [0.1, 0.15) is 73.8 Å². The maximum absolute atomic E-state index is 13.6. The van der Waals surface area contributed by atoms with Crippen molar-refractivity contribution in [1.29, 1.82) is 0 Å². The summed E-state index contributed by atoms with van der Waals surface area (Å²) in [5, 5.41) is 5.57. The minimum Gasteiger partial charge on any atom is -0.444 e. The molecule has 1 spiro atoms. The average molecular weight is 626 g/mol. The molecule has 2 aromatic carbocycles. The van der Waals surface area contributed by atoms with E-state index in [4.69, 9.17) is 9.47 Å². The molecule has 1 aromatic heterocycles. The van der Waals surface area contributed by atoms with E-state index in [1.54, 1.807) is 57.3 Å². The second-order valence-corrected chi connectivity index (χ2v) is 12.8. The number of ether oxygens (including phenoxy) is 2. The summed E-state index contributed by atoms with van der Waals surface area (Å²) in [6, 6.07) is 11.5. The SMILES string of the molecule is C[C@@H](NC(=O)c1ccnc(N2CCC3(CCOC3)C2)n1)c1ccc(-c2cc(C(F)(F)F)ccc2CNC(=O)OC(C)(C)C)cc1. The fourth-order valence-corrected chi connectivity index (χ4v) is 5.67. The van der Waals surface area contributed by atoms with Crippen molar-refractivity contribution >= 4 is 17.9 Å². The van der Waals surface area contributed by atoms with Crippen molar-refractivity contribution in [3.63, 3.8) is 0 Å². The number of anilines is 1. The van der Waals surface area contributed by atoms with Crippen LogP contribution in [0.5, 0.6) is 0 Å². The first-order chi connectivity index (χ1) is 21.2. The maximum Gasteiger partial charge on any atom is 0.416 e. The van der Waals surface area contributed by atoms with Crippen molar-refractivity contribution in [2.24, 2.45) is 5.41 Å². The molecule has 2 fully saturated rings. The number of carbonyl (C=O) groups is 2. The highest BCUT2D eigenvalue weighted by Gasteiger charge is 2.42. The number of hydrogen-bond acceptors (Lipinski definition) is 7. The summed E-state index contributed by atoms with van der Waals surface area (Å²) in [5.41, 5.74) is 0.965. The minimum absolute atomic E-state index is 0.0241. The van der Waals surface area contributed by atoms with Crippen molar-refractivity contribution in [3.8, 4) is 11.1 Å². The van der Waals surface area contributed by atoms with Crippen LogP contribution in [0.2, 0.25) is 0 Å². The number of alkyl carbamates (subject to hydrolysis) is 1. The molecule has 2 atom stereocenters. The second kappa shape index (κ2) is 12.7. The number of benzene rings is 2. The molecule has 0 radical (unpaired) electrons. The number of carbonyl (C=O) groups excluding carboxylic acids is 2. The van der Waals surface area contributed by atoms with Crippen LogP contribution in [0.25, 0.3) is 11.1 Å². The number of amides is 2. The fraction of sp³-hybridized carbons (Fsp3) is 0.455. The monoisotopic (exact) mass is 625 g/mol. The molecule has 9 nitrogen and oxygen atoms in total. The topological polar surface area (TPSA) is 106 Å². The number of alkyl halides is 3. The highest BCUT2D eigenvalue weighted by Crippen LogP contribution is 2.39. The predicted molar refractivity (Wildman–Crippen MR) is 163 cm³/mol. The van der Waals surface area contributed by atoms with E-state index in [2.05, 4.69) is 25.5 Å². The van der Waals surface area contributed by atoms with Crippen LogP contribution in [0, 0.1) is 5.41 Å². The molecule has 0 bridgehead atoms. The van der Waals surface area contributed by atoms with E-state index >= 15 is 0 Å². The van der Waals surface area contributed by atoms with E-state index in [0.717, 1.165) is 56.8 Å². The Kier molecular flexibility index (Phi) is 9.06. The Morgan fingerprint density at radius 2 is 1.84 bits per heavy atom. The molecule has 2 amide bonds. The van der Waals surface area contributed by atoms with Gasteiger partial charge in [-0.05, 0) is 81.0 Å². The molecule has 2 aliphatic heterocycles. The van der Waals surface area contributed by atoms with E-state index in [0.29, 0.717) is 22.6 Å². The van der Waals surface area contributed by atoms with Crippen LogP contribution < -0.4 is 15.5 Å². The molecule has 12 heteroatoms. The van der Waals surface area contributed by atoms with E-state index in [1.807, 2.05) is 6.92 Å². The van der Waals surface area contributed by atoms with Crippen LogP contribution in [-0.4, -0.2) is 53.9 Å². The first kappa shape index (κ1) is 32.2. The summed E-state index contributed by atoms with van der Waals surface area (Å²) in [7, 11) is 0. The Morgan fingerprint density at radius 1 is 1.09 bits per heavy atom. The molecule has 3 heterocycles. The van der Waals surface area contributed by atoms with Crippen molar-refractivity contribution in [1.82, 2.24) is 20.6 Å². The van der Waals surface area contributed by atoms with Crippen LogP contribution in [0.3, 0.4) is 0 Å². The summed E-state index contributed by atoms with van der Waals surface area (Å²) in [6.07, 6.45) is -1.61. The lowest BCUT2D eigenvalue weighted by Crippen LogP contribution is -2.32.